The highest BCUT2D eigenvalue weighted by molar-refractivity contribution is 5.56. The number of hydrogen-bond acceptors (Lipinski definition) is 5. The first-order chi connectivity index (χ1) is 3.48. The molecular formula is C3H6O5. The van der Waals surface area contributed by atoms with Crippen LogP contribution in [0.15, 0.2) is 0 Å². The van der Waals surface area contributed by atoms with Crippen molar-refractivity contribution >= 4 is 6.29 Å². The first-order valence-corrected chi connectivity index (χ1v) is 1.79. The third kappa shape index (κ3) is 1.99. The van der Waals surface area contributed by atoms with Crippen LogP contribution in [0.5, 0.6) is 0 Å². The van der Waals surface area contributed by atoms with E-state index in [0.717, 1.165) is 0 Å². The van der Waals surface area contributed by atoms with Crippen molar-refractivity contribution in [1.82, 2.24) is 0 Å². The summed E-state index contributed by atoms with van der Waals surface area (Å²) in [6, 6.07) is 0. The predicted octanol–water partition coefficient (Wildman–Crippen LogP) is -2.82. The zero-order chi connectivity index (χ0) is 6.78. The van der Waals surface area contributed by atoms with E-state index in [4.69, 9.17) is 20.4 Å². The number of aliphatic hydroxyl groups excluding tert-OH is 1. The second kappa shape index (κ2) is 2.19. The number of aldehydes is 1. The molecule has 0 aromatic carbocycles. The Bertz CT molecular complexity index is 82.2. The highest BCUT2D eigenvalue weighted by Crippen LogP contribution is 1.96. The fourth-order valence-electron chi connectivity index (χ4n) is 0.0913. The highest BCUT2D eigenvalue weighted by Gasteiger charge is 2.29. The fraction of sp³-hybridized carbons (Fsp3) is 0.667. The van der Waals surface area contributed by atoms with E-state index in [0.29, 0.717) is 0 Å². The molecule has 0 aromatic heterocycles. The molecular weight excluding hydrogens is 116 g/mol. The number of hydrogen-bond donors (Lipinski definition) is 4. The van der Waals surface area contributed by atoms with Gasteiger partial charge in [0.05, 0.1) is 0 Å². The predicted molar refractivity (Wildman–Crippen MR) is 21.5 cm³/mol. The van der Waals surface area contributed by atoms with Gasteiger partial charge in [0.15, 0.2) is 12.4 Å². The minimum atomic E-state index is -3.30. The maximum absolute atomic E-state index is 9.42. The molecule has 5 nitrogen and oxygen atoms in total. The lowest BCUT2D eigenvalue weighted by atomic mass is 10.3. The molecule has 1 unspecified atom stereocenters. The van der Waals surface area contributed by atoms with E-state index in [2.05, 4.69) is 0 Å². The molecule has 0 saturated heterocycles. The second-order valence-corrected chi connectivity index (χ2v) is 1.27. The summed E-state index contributed by atoms with van der Waals surface area (Å²) in [4.78, 5) is 9.42. The van der Waals surface area contributed by atoms with Gasteiger partial charge in [0.2, 0.25) is 0 Å². The number of carbonyl (C=O) groups excluding carboxylic acids is 1. The van der Waals surface area contributed by atoms with Crippen molar-refractivity contribution < 1.29 is 25.2 Å². The van der Waals surface area contributed by atoms with E-state index in [1.165, 1.54) is 0 Å². The third-order valence-electron chi connectivity index (χ3n) is 0.526. The van der Waals surface area contributed by atoms with Gasteiger partial charge in [0, 0.05) is 0 Å². The highest BCUT2D eigenvalue weighted by atomic mass is 16.7. The van der Waals surface area contributed by atoms with Gasteiger partial charge in [-0.1, -0.05) is 0 Å². The summed E-state index contributed by atoms with van der Waals surface area (Å²) >= 11 is 0. The van der Waals surface area contributed by atoms with E-state index in [-0.39, 0.29) is 6.29 Å². The SMILES string of the molecule is O=CC(O)C(O)(O)O. The van der Waals surface area contributed by atoms with Crippen molar-refractivity contribution in [3.8, 4) is 0 Å². The first kappa shape index (κ1) is 7.51. The van der Waals surface area contributed by atoms with Crippen molar-refractivity contribution in [2.24, 2.45) is 0 Å². The van der Waals surface area contributed by atoms with E-state index in [9.17, 15) is 4.79 Å². The van der Waals surface area contributed by atoms with Crippen LogP contribution >= 0.6 is 0 Å². The summed E-state index contributed by atoms with van der Waals surface area (Å²) in [5.41, 5.74) is 0. The second-order valence-electron chi connectivity index (χ2n) is 1.27. The third-order valence-corrected chi connectivity index (χ3v) is 0.526. The average Bonchev–Trinajstić information content (AvgIpc) is 1.62. The Balaban J connectivity index is 3.80. The smallest absolute Gasteiger partial charge is 0.310 e. The molecule has 0 aliphatic carbocycles. The van der Waals surface area contributed by atoms with Crippen LogP contribution < -0.4 is 0 Å². The summed E-state index contributed by atoms with van der Waals surface area (Å²) < 4.78 is 0. The largest absolute Gasteiger partial charge is 0.378 e. The lowest BCUT2D eigenvalue weighted by Gasteiger charge is -2.14. The maximum Gasteiger partial charge on any atom is 0.310 e. The summed E-state index contributed by atoms with van der Waals surface area (Å²) in [6.07, 6.45) is -2.36. The molecule has 0 aliphatic rings. The van der Waals surface area contributed by atoms with Gasteiger partial charge in [0.1, 0.15) is 0 Å². The van der Waals surface area contributed by atoms with Gasteiger partial charge in [-0.15, -0.1) is 0 Å². The first-order valence-electron chi connectivity index (χ1n) is 1.79. The number of rotatable bonds is 2. The maximum atomic E-state index is 9.42. The molecule has 0 fully saturated rings. The fourth-order valence-corrected chi connectivity index (χ4v) is 0.0913. The Morgan fingerprint density at radius 3 is 1.75 bits per heavy atom. The lowest BCUT2D eigenvalue weighted by molar-refractivity contribution is -0.343. The molecule has 0 bridgehead atoms. The molecule has 8 heavy (non-hydrogen) atoms. The number of aliphatic hydroxyl groups is 4. The van der Waals surface area contributed by atoms with Crippen LogP contribution in [0.1, 0.15) is 0 Å². The minimum Gasteiger partial charge on any atom is -0.378 e. The van der Waals surface area contributed by atoms with Crippen LogP contribution in [0.4, 0.5) is 0 Å². The normalized spacial score (nSPS) is 15.5. The Morgan fingerprint density at radius 1 is 1.38 bits per heavy atom. The van der Waals surface area contributed by atoms with Crippen molar-refractivity contribution in [3.63, 3.8) is 0 Å². The Kier molecular flexibility index (Phi) is 2.05. The quantitative estimate of drug-likeness (QED) is 0.234. The molecule has 4 N–H and O–H groups in total. The summed E-state index contributed by atoms with van der Waals surface area (Å²) in [5, 5.41) is 31.8. The zero-order valence-electron chi connectivity index (χ0n) is 3.85. The van der Waals surface area contributed by atoms with Gasteiger partial charge in [-0.2, -0.15) is 0 Å². The summed E-state index contributed by atoms with van der Waals surface area (Å²) in [7, 11) is 0. The minimum absolute atomic E-state index is 0.194. The molecule has 1 atom stereocenters. The van der Waals surface area contributed by atoms with Crippen molar-refractivity contribution in [3.05, 3.63) is 0 Å². The van der Waals surface area contributed by atoms with Crippen LogP contribution in [-0.4, -0.2) is 38.8 Å². The van der Waals surface area contributed by atoms with Gasteiger partial charge >= 0.3 is 5.97 Å². The lowest BCUT2D eigenvalue weighted by Crippen LogP contribution is -2.42. The van der Waals surface area contributed by atoms with Gasteiger partial charge in [-0.25, -0.2) is 0 Å². The topological polar surface area (TPSA) is 98.0 Å². The zero-order valence-corrected chi connectivity index (χ0v) is 3.85. The van der Waals surface area contributed by atoms with Gasteiger partial charge in [-0.05, 0) is 0 Å². The van der Waals surface area contributed by atoms with E-state index < -0.39 is 12.1 Å². The molecule has 0 rings (SSSR count). The molecule has 0 radical (unpaired) electrons. The monoisotopic (exact) mass is 122 g/mol. The average molecular weight is 122 g/mol. The van der Waals surface area contributed by atoms with E-state index in [1.54, 1.807) is 0 Å². The molecule has 0 amide bonds. The van der Waals surface area contributed by atoms with Gasteiger partial charge in [-0.3, -0.25) is 0 Å². The van der Waals surface area contributed by atoms with Crippen molar-refractivity contribution in [2.45, 2.75) is 12.1 Å². The van der Waals surface area contributed by atoms with Crippen LogP contribution in [0.2, 0.25) is 0 Å². The van der Waals surface area contributed by atoms with Crippen LogP contribution in [0.3, 0.4) is 0 Å². The van der Waals surface area contributed by atoms with Gasteiger partial charge in [0.25, 0.3) is 0 Å². The Labute approximate surface area is 44.8 Å². The van der Waals surface area contributed by atoms with Crippen LogP contribution in [0.25, 0.3) is 0 Å². The summed E-state index contributed by atoms with van der Waals surface area (Å²) in [5.74, 6) is -3.30. The standard InChI is InChI=1S/C3H6O5/c4-1-2(5)3(6,7)8/h1-2,5-8H. The van der Waals surface area contributed by atoms with Crippen molar-refractivity contribution in [2.75, 3.05) is 0 Å². The van der Waals surface area contributed by atoms with E-state index >= 15 is 0 Å². The Morgan fingerprint density at radius 2 is 1.75 bits per heavy atom. The molecule has 0 heterocycles. The van der Waals surface area contributed by atoms with Crippen LogP contribution in [0, 0.1) is 0 Å². The number of carbonyl (C=O) groups is 1. The molecule has 48 valence electrons. The van der Waals surface area contributed by atoms with E-state index in [1.807, 2.05) is 0 Å². The molecule has 0 aromatic rings. The molecule has 5 heteroatoms. The molecule has 0 saturated carbocycles. The van der Waals surface area contributed by atoms with Crippen molar-refractivity contribution in [1.29, 1.82) is 0 Å². The molecule has 0 aliphatic heterocycles. The van der Waals surface area contributed by atoms with Crippen LogP contribution in [-0.2, 0) is 4.79 Å². The van der Waals surface area contributed by atoms with Gasteiger partial charge < -0.3 is 25.2 Å². The Hall–Kier alpha value is -0.490. The summed E-state index contributed by atoms with van der Waals surface area (Å²) in [6.45, 7) is 0. The molecule has 0 spiro atoms.